The number of halogens is 4. The summed E-state index contributed by atoms with van der Waals surface area (Å²) in [4.78, 5) is 0. The molecule has 31 heavy (non-hydrogen) atoms. The molecule has 4 aliphatic carbocycles. The number of alkyl halides is 4. The zero-order valence-electron chi connectivity index (χ0n) is 19.5. The van der Waals surface area contributed by atoms with Gasteiger partial charge in [0.05, 0.1) is 0 Å². The number of hydrogen-bond acceptors (Lipinski definition) is 0. The molecule has 0 aliphatic heterocycles. The summed E-state index contributed by atoms with van der Waals surface area (Å²) in [7, 11) is 0. The van der Waals surface area contributed by atoms with Crippen molar-refractivity contribution < 1.29 is 13.2 Å². The molecule has 4 fully saturated rings. The van der Waals surface area contributed by atoms with Crippen molar-refractivity contribution >= 4 is 11.6 Å². The van der Waals surface area contributed by atoms with Crippen molar-refractivity contribution in [3.05, 3.63) is 0 Å². The molecule has 4 aliphatic rings. The third kappa shape index (κ3) is 5.96. The maximum Gasteiger partial charge on any atom is 0.134 e. The van der Waals surface area contributed by atoms with Gasteiger partial charge in [-0.05, 0) is 118 Å². The van der Waals surface area contributed by atoms with Crippen LogP contribution >= 0.6 is 11.6 Å². The summed E-state index contributed by atoms with van der Waals surface area (Å²) in [6, 6.07) is 0. The second-order valence-corrected chi connectivity index (χ2v) is 12.4. The molecule has 4 rings (SSSR count). The van der Waals surface area contributed by atoms with Crippen molar-refractivity contribution in [3.63, 3.8) is 0 Å². The Bertz CT molecular complexity index is 541. The van der Waals surface area contributed by atoms with Gasteiger partial charge < -0.3 is 0 Å². The Hall–Kier alpha value is 0.0800. The van der Waals surface area contributed by atoms with Gasteiger partial charge in [0.15, 0.2) is 0 Å². The summed E-state index contributed by atoms with van der Waals surface area (Å²) in [5, 5.41) is 0.238. The number of rotatable bonds is 5. The van der Waals surface area contributed by atoms with Crippen LogP contribution in [0.5, 0.6) is 0 Å². The SMILES string of the molecule is CC1CC[C@@H](C2CCC(CCC3CCC(C4CCC(Cl)CC4)C(F)C3F)CC2)CC1F. The molecule has 180 valence electrons. The molecule has 0 radical (unpaired) electrons. The van der Waals surface area contributed by atoms with Crippen LogP contribution in [0.15, 0.2) is 0 Å². The fourth-order valence-electron chi connectivity index (χ4n) is 7.65. The van der Waals surface area contributed by atoms with Crippen molar-refractivity contribution in [3.8, 4) is 0 Å². The molecule has 0 N–H and O–H groups in total. The number of hydrogen-bond donors (Lipinski definition) is 0. The Labute approximate surface area is 193 Å². The Morgan fingerprint density at radius 1 is 0.645 bits per heavy atom. The monoisotopic (exact) mass is 460 g/mol. The van der Waals surface area contributed by atoms with Crippen LogP contribution in [0.4, 0.5) is 13.2 Å². The highest BCUT2D eigenvalue weighted by Crippen LogP contribution is 2.46. The summed E-state index contributed by atoms with van der Waals surface area (Å²) in [5.41, 5.74) is 0. The fourth-order valence-corrected chi connectivity index (χ4v) is 7.90. The first-order chi connectivity index (χ1) is 14.9. The predicted octanol–water partition coefficient (Wildman–Crippen LogP) is 8.85. The molecule has 0 aromatic heterocycles. The van der Waals surface area contributed by atoms with Crippen LogP contribution in [0.1, 0.15) is 103 Å². The largest absolute Gasteiger partial charge is 0.247 e. The molecular formula is C27H44ClF3. The van der Waals surface area contributed by atoms with E-state index in [1.807, 2.05) is 0 Å². The molecule has 0 saturated heterocycles. The van der Waals surface area contributed by atoms with E-state index in [1.165, 1.54) is 32.1 Å². The maximum absolute atomic E-state index is 15.0. The quantitative estimate of drug-likeness (QED) is 0.359. The summed E-state index contributed by atoms with van der Waals surface area (Å²) in [5.74, 6) is 2.37. The van der Waals surface area contributed by atoms with Gasteiger partial charge in [-0.15, -0.1) is 11.6 Å². The summed E-state index contributed by atoms with van der Waals surface area (Å²) in [6.45, 7) is 2.05. The second-order valence-electron chi connectivity index (χ2n) is 11.8. The molecular weight excluding hydrogens is 417 g/mol. The Balaban J connectivity index is 1.17. The first-order valence-electron chi connectivity index (χ1n) is 13.5. The van der Waals surface area contributed by atoms with Crippen LogP contribution in [0.3, 0.4) is 0 Å². The zero-order valence-corrected chi connectivity index (χ0v) is 20.2. The lowest BCUT2D eigenvalue weighted by Crippen LogP contribution is -2.42. The van der Waals surface area contributed by atoms with Crippen LogP contribution in [0.2, 0.25) is 0 Å². The van der Waals surface area contributed by atoms with Gasteiger partial charge in [-0.25, -0.2) is 13.2 Å². The Kier molecular flexibility index (Phi) is 8.59. The molecule has 0 nitrogen and oxygen atoms in total. The first-order valence-corrected chi connectivity index (χ1v) is 13.9. The van der Waals surface area contributed by atoms with E-state index in [0.29, 0.717) is 23.7 Å². The summed E-state index contributed by atoms with van der Waals surface area (Å²) < 4.78 is 44.2. The van der Waals surface area contributed by atoms with Crippen LogP contribution in [0, 0.1) is 41.4 Å². The van der Waals surface area contributed by atoms with Crippen LogP contribution in [-0.4, -0.2) is 23.9 Å². The van der Waals surface area contributed by atoms with Gasteiger partial charge in [0.25, 0.3) is 0 Å². The molecule has 7 atom stereocenters. The van der Waals surface area contributed by atoms with E-state index in [-0.39, 0.29) is 23.1 Å². The Morgan fingerprint density at radius 3 is 1.97 bits per heavy atom. The van der Waals surface area contributed by atoms with Crippen LogP contribution in [0.25, 0.3) is 0 Å². The summed E-state index contributed by atoms with van der Waals surface area (Å²) >= 11 is 6.20. The average Bonchev–Trinajstić information content (AvgIpc) is 2.78. The highest BCUT2D eigenvalue weighted by atomic mass is 35.5. The maximum atomic E-state index is 15.0. The third-order valence-electron chi connectivity index (χ3n) is 9.98. The summed E-state index contributed by atoms with van der Waals surface area (Å²) in [6.07, 6.45) is 12.2. The van der Waals surface area contributed by atoms with E-state index in [4.69, 9.17) is 11.6 Å². The van der Waals surface area contributed by atoms with E-state index < -0.39 is 18.5 Å². The fraction of sp³-hybridized carbons (Fsp3) is 1.00. The Morgan fingerprint density at radius 2 is 1.29 bits per heavy atom. The highest BCUT2D eigenvalue weighted by molar-refractivity contribution is 6.20. The van der Waals surface area contributed by atoms with Gasteiger partial charge >= 0.3 is 0 Å². The van der Waals surface area contributed by atoms with Gasteiger partial charge in [0.2, 0.25) is 0 Å². The van der Waals surface area contributed by atoms with Crippen LogP contribution < -0.4 is 0 Å². The lowest BCUT2D eigenvalue weighted by Gasteiger charge is -2.41. The van der Waals surface area contributed by atoms with Crippen molar-refractivity contribution in [1.82, 2.24) is 0 Å². The molecule has 0 amide bonds. The van der Waals surface area contributed by atoms with Gasteiger partial charge in [-0.1, -0.05) is 26.2 Å². The average molecular weight is 461 g/mol. The van der Waals surface area contributed by atoms with Crippen molar-refractivity contribution in [2.45, 2.75) is 127 Å². The molecule has 0 heterocycles. The van der Waals surface area contributed by atoms with Gasteiger partial charge in [0, 0.05) is 5.38 Å². The molecule has 0 bridgehead atoms. The smallest absolute Gasteiger partial charge is 0.134 e. The first kappa shape index (κ1) is 24.2. The minimum Gasteiger partial charge on any atom is -0.247 e. The van der Waals surface area contributed by atoms with E-state index in [2.05, 4.69) is 6.92 Å². The van der Waals surface area contributed by atoms with E-state index in [9.17, 15) is 4.39 Å². The van der Waals surface area contributed by atoms with E-state index in [1.54, 1.807) is 0 Å². The second kappa shape index (κ2) is 11.0. The molecule has 0 spiro atoms. The highest BCUT2D eigenvalue weighted by Gasteiger charge is 2.44. The molecule has 6 unspecified atom stereocenters. The molecule has 4 saturated carbocycles. The lowest BCUT2D eigenvalue weighted by molar-refractivity contribution is -0.0130. The normalized spacial score (nSPS) is 49.6. The lowest BCUT2D eigenvalue weighted by atomic mass is 9.66. The molecule has 0 aromatic carbocycles. The van der Waals surface area contributed by atoms with E-state index >= 15 is 8.78 Å². The van der Waals surface area contributed by atoms with Crippen molar-refractivity contribution in [2.24, 2.45) is 41.4 Å². The van der Waals surface area contributed by atoms with Crippen molar-refractivity contribution in [2.75, 3.05) is 0 Å². The van der Waals surface area contributed by atoms with Gasteiger partial charge in [-0.3, -0.25) is 0 Å². The molecule has 0 aromatic rings. The minimum atomic E-state index is -1.27. The molecule has 4 heteroatoms. The zero-order chi connectivity index (χ0) is 22.0. The van der Waals surface area contributed by atoms with Crippen molar-refractivity contribution in [1.29, 1.82) is 0 Å². The standard InChI is InChI=1S/C27H44ClF3/c1-17-2-6-22(16-25(17)29)19-7-3-18(4-8-19)5-9-21-12-15-24(27(31)26(21)30)20-10-13-23(28)14-11-20/h17-27H,2-16H2,1H3/t17?,18?,19?,20?,21?,22-,23?,24?,25?,26?,27?/m1/s1. The van der Waals surface area contributed by atoms with Gasteiger partial charge in [-0.2, -0.15) is 0 Å². The third-order valence-corrected chi connectivity index (χ3v) is 10.4. The van der Waals surface area contributed by atoms with E-state index in [0.717, 1.165) is 64.2 Å². The topological polar surface area (TPSA) is 0 Å². The van der Waals surface area contributed by atoms with Gasteiger partial charge in [0.1, 0.15) is 18.5 Å². The van der Waals surface area contributed by atoms with Crippen LogP contribution in [-0.2, 0) is 0 Å². The minimum absolute atomic E-state index is 0.0802. The predicted molar refractivity (Wildman–Crippen MR) is 124 cm³/mol.